The Bertz CT molecular complexity index is 391. The first-order valence-electron chi connectivity index (χ1n) is 4.92. The number of anilines is 1. The lowest BCUT2D eigenvalue weighted by Crippen LogP contribution is -2.15. The van der Waals surface area contributed by atoms with Crippen molar-refractivity contribution in [2.24, 2.45) is 11.5 Å². The number of amidine groups is 1. The second kappa shape index (κ2) is 5.82. The summed E-state index contributed by atoms with van der Waals surface area (Å²) in [5.41, 5.74) is 12.6. The van der Waals surface area contributed by atoms with Gasteiger partial charge in [0.05, 0.1) is 11.9 Å². The van der Waals surface area contributed by atoms with Crippen molar-refractivity contribution in [3.8, 4) is 0 Å². The number of aryl methyl sites for hydroxylation is 1. The second-order valence-corrected chi connectivity index (χ2v) is 3.29. The molecular formula is C10H15N5O. The van der Waals surface area contributed by atoms with Crippen LogP contribution in [0.1, 0.15) is 17.7 Å². The Morgan fingerprint density at radius 2 is 2.38 bits per heavy atom. The summed E-state index contributed by atoms with van der Waals surface area (Å²) in [6.45, 7) is 0.589. The first kappa shape index (κ1) is 12.1. The molecule has 16 heavy (non-hydrogen) atoms. The average Bonchev–Trinajstić information content (AvgIpc) is 2.27. The van der Waals surface area contributed by atoms with Gasteiger partial charge < -0.3 is 16.8 Å². The minimum atomic E-state index is -0.0965. The van der Waals surface area contributed by atoms with Crippen molar-refractivity contribution in [2.45, 2.75) is 12.8 Å². The van der Waals surface area contributed by atoms with E-state index in [-0.39, 0.29) is 5.84 Å². The number of aromatic nitrogens is 1. The van der Waals surface area contributed by atoms with Gasteiger partial charge in [-0.2, -0.15) is 0 Å². The molecule has 0 unspecified atom stereocenters. The maximum atomic E-state index is 10.3. The van der Waals surface area contributed by atoms with Gasteiger partial charge in [-0.05, 0) is 25.5 Å². The Morgan fingerprint density at radius 3 is 2.94 bits per heavy atom. The van der Waals surface area contributed by atoms with Crippen molar-refractivity contribution in [1.82, 2.24) is 4.98 Å². The van der Waals surface area contributed by atoms with Crippen LogP contribution in [0.4, 0.5) is 5.69 Å². The molecule has 6 heteroatoms. The van der Waals surface area contributed by atoms with Gasteiger partial charge in [0.1, 0.15) is 5.84 Å². The quantitative estimate of drug-likeness (QED) is 0.303. The van der Waals surface area contributed by atoms with Gasteiger partial charge in [-0.15, -0.1) is 0 Å². The number of hydrogen-bond acceptors (Lipinski definition) is 4. The third-order valence-electron chi connectivity index (χ3n) is 2.10. The van der Waals surface area contributed by atoms with Gasteiger partial charge in [-0.1, -0.05) is 0 Å². The minimum absolute atomic E-state index is 0.0965. The standard InChI is InChI=1S/C10H15N5O/c11-3-1-2-7-4-8(10(12)13)9(5-14-7)15-6-16/h4-6H,1-3,11H2,(H3,12,13)(H,15,16). The van der Waals surface area contributed by atoms with Crippen molar-refractivity contribution in [3.05, 3.63) is 23.5 Å². The molecule has 0 aliphatic carbocycles. The molecule has 0 fully saturated rings. The first-order chi connectivity index (χ1) is 7.69. The van der Waals surface area contributed by atoms with E-state index < -0.39 is 0 Å². The van der Waals surface area contributed by atoms with Gasteiger partial charge in [-0.3, -0.25) is 15.2 Å². The number of nitrogens with two attached hydrogens (primary N) is 2. The lowest BCUT2D eigenvalue weighted by Gasteiger charge is -2.08. The van der Waals surface area contributed by atoms with Crippen LogP contribution in [0.15, 0.2) is 12.3 Å². The fraction of sp³-hybridized carbons (Fsp3) is 0.300. The number of carbonyl (C=O) groups excluding carboxylic acids is 1. The zero-order valence-corrected chi connectivity index (χ0v) is 8.86. The third kappa shape index (κ3) is 3.03. The van der Waals surface area contributed by atoms with Crippen LogP contribution in [-0.4, -0.2) is 23.8 Å². The van der Waals surface area contributed by atoms with Gasteiger partial charge >= 0.3 is 0 Å². The number of nitrogens with one attached hydrogen (secondary N) is 2. The molecule has 1 heterocycles. The summed E-state index contributed by atoms with van der Waals surface area (Å²) in [7, 11) is 0. The van der Waals surface area contributed by atoms with Gasteiger partial charge in [-0.25, -0.2) is 0 Å². The fourth-order valence-corrected chi connectivity index (χ4v) is 1.32. The zero-order valence-electron chi connectivity index (χ0n) is 8.86. The predicted molar refractivity (Wildman–Crippen MR) is 62.3 cm³/mol. The fourth-order valence-electron chi connectivity index (χ4n) is 1.32. The van der Waals surface area contributed by atoms with Crippen LogP contribution in [0.25, 0.3) is 0 Å². The highest BCUT2D eigenvalue weighted by molar-refractivity contribution is 6.01. The zero-order chi connectivity index (χ0) is 12.0. The molecule has 0 atom stereocenters. The molecule has 86 valence electrons. The van der Waals surface area contributed by atoms with E-state index in [9.17, 15) is 4.79 Å². The Balaban J connectivity index is 2.97. The van der Waals surface area contributed by atoms with E-state index in [2.05, 4.69) is 10.3 Å². The molecule has 0 bridgehead atoms. The third-order valence-corrected chi connectivity index (χ3v) is 2.10. The van der Waals surface area contributed by atoms with Crippen LogP contribution in [0.2, 0.25) is 0 Å². The van der Waals surface area contributed by atoms with Crippen LogP contribution in [-0.2, 0) is 11.2 Å². The monoisotopic (exact) mass is 221 g/mol. The van der Waals surface area contributed by atoms with E-state index in [0.29, 0.717) is 24.2 Å². The lowest BCUT2D eigenvalue weighted by molar-refractivity contribution is -0.105. The Hall–Kier alpha value is -1.95. The number of pyridine rings is 1. The summed E-state index contributed by atoms with van der Waals surface area (Å²) >= 11 is 0. The molecule has 0 radical (unpaired) electrons. The average molecular weight is 221 g/mol. The number of nitrogens with zero attached hydrogens (tertiary/aromatic N) is 1. The van der Waals surface area contributed by atoms with Crippen molar-refractivity contribution in [3.63, 3.8) is 0 Å². The lowest BCUT2D eigenvalue weighted by atomic mass is 10.1. The minimum Gasteiger partial charge on any atom is -0.384 e. The number of amides is 1. The highest BCUT2D eigenvalue weighted by atomic mass is 16.1. The maximum Gasteiger partial charge on any atom is 0.211 e. The van der Waals surface area contributed by atoms with E-state index in [4.69, 9.17) is 16.9 Å². The molecule has 6 nitrogen and oxygen atoms in total. The Kier molecular flexibility index (Phi) is 4.41. The number of nitrogen functional groups attached to an aromatic ring is 1. The molecule has 0 saturated heterocycles. The Morgan fingerprint density at radius 1 is 1.62 bits per heavy atom. The summed E-state index contributed by atoms with van der Waals surface area (Å²) in [6.07, 6.45) is 3.59. The molecule has 0 saturated carbocycles. The van der Waals surface area contributed by atoms with Crippen LogP contribution in [0.3, 0.4) is 0 Å². The van der Waals surface area contributed by atoms with Crippen molar-refractivity contribution >= 4 is 17.9 Å². The molecule has 0 aromatic carbocycles. The van der Waals surface area contributed by atoms with Gasteiger partial charge in [0.2, 0.25) is 6.41 Å². The van der Waals surface area contributed by atoms with Crippen LogP contribution in [0.5, 0.6) is 0 Å². The summed E-state index contributed by atoms with van der Waals surface area (Å²) in [5, 5.41) is 9.85. The molecule has 0 aliphatic rings. The molecule has 0 aliphatic heterocycles. The van der Waals surface area contributed by atoms with E-state index in [1.54, 1.807) is 6.07 Å². The van der Waals surface area contributed by atoms with E-state index >= 15 is 0 Å². The Labute approximate surface area is 93.6 Å². The van der Waals surface area contributed by atoms with Gasteiger partial charge in [0, 0.05) is 11.3 Å². The van der Waals surface area contributed by atoms with E-state index in [1.807, 2.05) is 0 Å². The number of hydrogen-bond donors (Lipinski definition) is 4. The van der Waals surface area contributed by atoms with E-state index in [1.165, 1.54) is 6.20 Å². The van der Waals surface area contributed by atoms with Crippen molar-refractivity contribution < 1.29 is 4.79 Å². The molecule has 6 N–H and O–H groups in total. The van der Waals surface area contributed by atoms with Crippen LogP contribution in [0, 0.1) is 5.41 Å². The summed E-state index contributed by atoms with van der Waals surface area (Å²) in [6, 6.07) is 1.70. The number of rotatable bonds is 6. The summed E-state index contributed by atoms with van der Waals surface area (Å²) in [5.74, 6) is -0.0965. The molecule has 0 spiro atoms. The van der Waals surface area contributed by atoms with Crippen LogP contribution < -0.4 is 16.8 Å². The topological polar surface area (TPSA) is 118 Å². The smallest absolute Gasteiger partial charge is 0.211 e. The largest absolute Gasteiger partial charge is 0.384 e. The summed E-state index contributed by atoms with van der Waals surface area (Å²) < 4.78 is 0. The molecule has 1 amide bonds. The van der Waals surface area contributed by atoms with Crippen molar-refractivity contribution in [1.29, 1.82) is 5.41 Å². The highest BCUT2D eigenvalue weighted by Crippen LogP contribution is 2.14. The molecule has 1 aromatic rings. The van der Waals surface area contributed by atoms with Gasteiger partial charge in [0.15, 0.2) is 0 Å². The predicted octanol–water partition coefficient (Wildman–Crippen LogP) is -0.175. The molecular weight excluding hydrogens is 206 g/mol. The maximum absolute atomic E-state index is 10.3. The van der Waals surface area contributed by atoms with E-state index in [0.717, 1.165) is 18.5 Å². The van der Waals surface area contributed by atoms with Crippen LogP contribution >= 0.6 is 0 Å². The molecule has 1 rings (SSSR count). The SMILES string of the molecule is N=C(N)c1cc(CCCN)ncc1NC=O. The highest BCUT2D eigenvalue weighted by Gasteiger charge is 2.07. The van der Waals surface area contributed by atoms with Crippen molar-refractivity contribution in [2.75, 3.05) is 11.9 Å². The second-order valence-electron chi connectivity index (χ2n) is 3.29. The number of carbonyl (C=O) groups is 1. The first-order valence-corrected chi connectivity index (χ1v) is 4.92. The molecule has 1 aromatic heterocycles. The summed E-state index contributed by atoms with van der Waals surface area (Å²) in [4.78, 5) is 14.5. The van der Waals surface area contributed by atoms with Gasteiger partial charge in [0.25, 0.3) is 0 Å². The normalized spacial score (nSPS) is 9.81.